The molecule has 0 radical (unpaired) electrons. The molecule has 0 aromatic carbocycles. The SMILES string of the molecule is Cc1ccc(CN2CCc3nnc(COc4ccccn4)n3CC2)s1.O=C(O)C(F)(F)F.O=C(O)C(F)(F)F. The third kappa shape index (κ3) is 10.9. The lowest BCUT2D eigenvalue weighted by Gasteiger charge is -2.18. The number of hydrogen-bond donors (Lipinski definition) is 2. The predicted octanol–water partition coefficient (Wildman–Crippen LogP) is 3.95. The van der Waals surface area contributed by atoms with E-state index in [1.165, 1.54) is 9.75 Å². The molecular formula is C22H23F6N5O5S. The number of carboxylic acid groups (broad SMARTS) is 2. The first-order valence-corrected chi connectivity index (χ1v) is 11.8. The first-order valence-electron chi connectivity index (χ1n) is 11.0. The van der Waals surface area contributed by atoms with Crippen LogP contribution in [0.2, 0.25) is 0 Å². The lowest BCUT2D eigenvalue weighted by Crippen LogP contribution is -2.26. The number of fused-ring (bicyclic) bond motifs is 1. The number of alkyl halides is 6. The van der Waals surface area contributed by atoms with Gasteiger partial charge in [0, 0.05) is 54.6 Å². The summed E-state index contributed by atoms with van der Waals surface area (Å²) in [7, 11) is 0. The lowest BCUT2D eigenvalue weighted by atomic mass is 10.3. The molecule has 0 bridgehead atoms. The van der Waals surface area contributed by atoms with Crippen LogP contribution in [0.25, 0.3) is 0 Å². The lowest BCUT2D eigenvalue weighted by molar-refractivity contribution is -0.193. The van der Waals surface area contributed by atoms with E-state index in [9.17, 15) is 26.3 Å². The Bertz CT molecular complexity index is 1190. The number of carbonyl (C=O) groups is 2. The third-order valence-electron chi connectivity index (χ3n) is 4.84. The first kappa shape index (κ1) is 31.5. The van der Waals surface area contributed by atoms with Gasteiger partial charge in [-0.15, -0.1) is 21.5 Å². The second kappa shape index (κ2) is 13.9. The normalized spacial score (nSPS) is 13.6. The summed E-state index contributed by atoms with van der Waals surface area (Å²) in [5.74, 6) is -2.98. The van der Waals surface area contributed by atoms with Crippen LogP contribution in [0.15, 0.2) is 36.5 Å². The predicted molar refractivity (Wildman–Crippen MR) is 124 cm³/mol. The number of ether oxygens (including phenoxy) is 1. The van der Waals surface area contributed by atoms with Gasteiger partial charge in [0.25, 0.3) is 0 Å². The molecule has 4 rings (SSSR count). The molecule has 3 aromatic heterocycles. The standard InChI is InChI=1S/C18H21N5OS.2C2HF3O2/c1-14-5-6-15(25-14)12-22-9-7-16-20-21-17(23(16)11-10-22)13-24-18-4-2-3-8-19-18;2*3-2(4,5)1(6)7/h2-6,8H,7,9-13H2,1H3;2*(H,6,7). The Morgan fingerprint density at radius 3 is 2.13 bits per heavy atom. The average Bonchev–Trinajstić information content (AvgIpc) is 3.38. The van der Waals surface area contributed by atoms with Crippen molar-refractivity contribution in [1.82, 2.24) is 24.6 Å². The minimum Gasteiger partial charge on any atom is -0.475 e. The number of aliphatic carboxylic acids is 2. The van der Waals surface area contributed by atoms with Crippen LogP contribution in [-0.4, -0.2) is 72.2 Å². The van der Waals surface area contributed by atoms with Crippen LogP contribution >= 0.6 is 11.3 Å². The minimum absolute atomic E-state index is 0.397. The maximum Gasteiger partial charge on any atom is 0.490 e. The zero-order valence-electron chi connectivity index (χ0n) is 20.2. The van der Waals surface area contributed by atoms with E-state index in [1.807, 2.05) is 29.5 Å². The molecule has 17 heteroatoms. The number of halogens is 6. The van der Waals surface area contributed by atoms with Crippen molar-refractivity contribution < 1.29 is 50.9 Å². The maximum absolute atomic E-state index is 10.6. The van der Waals surface area contributed by atoms with Crippen molar-refractivity contribution in [3.05, 3.63) is 57.9 Å². The van der Waals surface area contributed by atoms with Gasteiger partial charge in [0.05, 0.1) is 0 Å². The third-order valence-corrected chi connectivity index (χ3v) is 5.83. The minimum atomic E-state index is -5.08. The monoisotopic (exact) mass is 583 g/mol. The smallest absolute Gasteiger partial charge is 0.475 e. The highest BCUT2D eigenvalue weighted by atomic mass is 32.1. The van der Waals surface area contributed by atoms with Gasteiger partial charge in [-0.2, -0.15) is 26.3 Å². The van der Waals surface area contributed by atoms with E-state index in [4.69, 9.17) is 24.5 Å². The highest BCUT2D eigenvalue weighted by molar-refractivity contribution is 7.11. The molecule has 1 aliphatic heterocycles. The Morgan fingerprint density at radius 1 is 0.974 bits per heavy atom. The zero-order chi connectivity index (χ0) is 29.2. The fraction of sp³-hybridized carbons (Fsp3) is 0.409. The van der Waals surface area contributed by atoms with Crippen LogP contribution in [0.1, 0.15) is 21.4 Å². The number of rotatable bonds is 5. The van der Waals surface area contributed by atoms with Gasteiger partial charge in [0.1, 0.15) is 12.4 Å². The van der Waals surface area contributed by atoms with Gasteiger partial charge in [-0.1, -0.05) is 6.07 Å². The maximum atomic E-state index is 10.6. The van der Waals surface area contributed by atoms with E-state index in [0.717, 1.165) is 44.2 Å². The summed E-state index contributed by atoms with van der Waals surface area (Å²) in [6.07, 6.45) is -7.52. The number of aryl methyl sites for hydroxylation is 1. The topological polar surface area (TPSA) is 131 Å². The van der Waals surface area contributed by atoms with Crippen molar-refractivity contribution in [2.24, 2.45) is 0 Å². The summed E-state index contributed by atoms with van der Waals surface area (Å²) in [6.45, 7) is 6.47. The van der Waals surface area contributed by atoms with E-state index in [1.54, 1.807) is 6.20 Å². The molecule has 10 nitrogen and oxygen atoms in total. The Labute approximate surface area is 221 Å². The number of nitrogens with zero attached hydrogens (tertiary/aromatic N) is 5. The summed E-state index contributed by atoms with van der Waals surface area (Å²) in [5, 5.41) is 22.9. The van der Waals surface area contributed by atoms with Crippen molar-refractivity contribution in [3.8, 4) is 5.88 Å². The molecule has 0 spiro atoms. The molecule has 0 unspecified atom stereocenters. The second-order valence-electron chi connectivity index (χ2n) is 7.79. The molecule has 0 atom stereocenters. The Balaban J connectivity index is 0.000000317. The number of thiophene rings is 1. The van der Waals surface area contributed by atoms with Crippen LogP contribution in [-0.2, 0) is 35.7 Å². The van der Waals surface area contributed by atoms with Crippen molar-refractivity contribution in [1.29, 1.82) is 0 Å². The summed E-state index contributed by atoms with van der Waals surface area (Å²) in [6, 6.07) is 10.1. The van der Waals surface area contributed by atoms with Gasteiger partial charge in [-0.3, -0.25) is 4.90 Å². The number of carboxylic acids is 2. The molecule has 0 saturated heterocycles. The van der Waals surface area contributed by atoms with Gasteiger partial charge in [0.15, 0.2) is 5.82 Å². The molecule has 4 heterocycles. The first-order chi connectivity index (χ1) is 18.2. The van der Waals surface area contributed by atoms with E-state index in [0.29, 0.717) is 12.5 Å². The molecule has 1 aliphatic rings. The fourth-order valence-corrected chi connectivity index (χ4v) is 3.99. The van der Waals surface area contributed by atoms with Crippen molar-refractivity contribution >= 4 is 23.3 Å². The van der Waals surface area contributed by atoms with Crippen molar-refractivity contribution in [2.45, 2.75) is 45.4 Å². The largest absolute Gasteiger partial charge is 0.490 e. The molecule has 0 amide bonds. The van der Waals surface area contributed by atoms with Crippen LogP contribution in [0.4, 0.5) is 26.3 Å². The van der Waals surface area contributed by atoms with Crippen molar-refractivity contribution in [2.75, 3.05) is 13.1 Å². The molecule has 3 aromatic rings. The van der Waals surface area contributed by atoms with Crippen LogP contribution in [0.3, 0.4) is 0 Å². The summed E-state index contributed by atoms with van der Waals surface area (Å²) < 4.78 is 71.4. The van der Waals surface area contributed by atoms with Crippen LogP contribution < -0.4 is 4.74 Å². The number of aromatic nitrogens is 4. The molecule has 0 fully saturated rings. The van der Waals surface area contributed by atoms with Crippen LogP contribution in [0.5, 0.6) is 5.88 Å². The van der Waals surface area contributed by atoms with Crippen LogP contribution in [0, 0.1) is 6.92 Å². The van der Waals surface area contributed by atoms with Gasteiger partial charge in [-0.25, -0.2) is 14.6 Å². The van der Waals surface area contributed by atoms with Gasteiger partial charge in [0.2, 0.25) is 5.88 Å². The second-order valence-corrected chi connectivity index (χ2v) is 9.16. The quantitative estimate of drug-likeness (QED) is 0.429. The summed E-state index contributed by atoms with van der Waals surface area (Å²) in [4.78, 5) is 27.3. The molecule has 39 heavy (non-hydrogen) atoms. The van der Waals surface area contributed by atoms with E-state index in [2.05, 4.69) is 43.7 Å². The number of hydrogen-bond acceptors (Lipinski definition) is 8. The Hall–Kier alpha value is -3.73. The highest BCUT2D eigenvalue weighted by Gasteiger charge is 2.38. The molecule has 0 saturated carbocycles. The molecule has 0 aliphatic carbocycles. The summed E-state index contributed by atoms with van der Waals surface area (Å²) in [5.41, 5.74) is 0. The van der Waals surface area contributed by atoms with E-state index >= 15 is 0 Å². The average molecular weight is 584 g/mol. The highest BCUT2D eigenvalue weighted by Crippen LogP contribution is 2.19. The Morgan fingerprint density at radius 2 is 1.62 bits per heavy atom. The molecule has 214 valence electrons. The van der Waals surface area contributed by atoms with Gasteiger partial charge >= 0.3 is 24.3 Å². The fourth-order valence-electron chi connectivity index (χ4n) is 3.05. The van der Waals surface area contributed by atoms with E-state index < -0.39 is 24.3 Å². The zero-order valence-corrected chi connectivity index (χ0v) is 21.1. The number of pyridine rings is 1. The molecule has 2 N–H and O–H groups in total. The van der Waals surface area contributed by atoms with Gasteiger partial charge < -0.3 is 19.5 Å². The van der Waals surface area contributed by atoms with Gasteiger partial charge in [-0.05, 0) is 25.1 Å². The Kier molecular flexibility index (Phi) is 11.2. The summed E-state index contributed by atoms with van der Waals surface area (Å²) >= 11 is 1.88. The van der Waals surface area contributed by atoms with E-state index in [-0.39, 0.29) is 0 Å². The van der Waals surface area contributed by atoms with Crippen molar-refractivity contribution in [3.63, 3.8) is 0 Å². The molecular weight excluding hydrogens is 560 g/mol.